The highest BCUT2D eigenvalue weighted by Gasteiger charge is 2.25. The standard InChI is InChI=1S/C36H25N2P/c1-4-14-26(15-5-1)37-33-22-12-10-20-29(33)31-24-25-32-30-21-11-13-23-34(30)38(36(32)35(31)37)39(27-16-6-2-7-17-27)28-18-8-3-9-19-28/h1-25H. The molecule has 0 N–H and O–H groups in total. The molecule has 2 heterocycles. The molecular weight excluding hydrogens is 491 g/mol. The van der Waals surface area contributed by atoms with Gasteiger partial charge in [0.15, 0.2) is 0 Å². The maximum absolute atomic E-state index is 2.64. The molecule has 6 aromatic carbocycles. The Balaban J connectivity index is 1.63. The average Bonchev–Trinajstić information content (AvgIpc) is 3.52. The molecule has 0 aliphatic carbocycles. The number of para-hydroxylation sites is 3. The Bertz CT molecular complexity index is 2070. The van der Waals surface area contributed by atoms with Gasteiger partial charge in [0.05, 0.1) is 30.1 Å². The van der Waals surface area contributed by atoms with Crippen LogP contribution in [-0.2, 0) is 0 Å². The summed E-state index contributed by atoms with van der Waals surface area (Å²) in [5.74, 6) is 0. The van der Waals surface area contributed by atoms with Crippen molar-refractivity contribution in [2.75, 3.05) is 0 Å². The van der Waals surface area contributed by atoms with Gasteiger partial charge >= 0.3 is 0 Å². The molecule has 0 aliphatic rings. The van der Waals surface area contributed by atoms with E-state index in [1.165, 1.54) is 59.9 Å². The second kappa shape index (κ2) is 8.98. The van der Waals surface area contributed by atoms with Gasteiger partial charge in [0.2, 0.25) is 0 Å². The smallest absolute Gasteiger partial charge is 0.0788 e. The summed E-state index contributed by atoms with van der Waals surface area (Å²) in [6.45, 7) is 0. The molecule has 2 aromatic heterocycles. The van der Waals surface area contributed by atoms with Crippen molar-refractivity contribution >= 4 is 62.3 Å². The summed E-state index contributed by atoms with van der Waals surface area (Å²) in [6.07, 6.45) is 0. The molecule has 0 bridgehead atoms. The third-order valence-corrected chi connectivity index (χ3v) is 10.1. The first-order valence-electron chi connectivity index (χ1n) is 13.3. The van der Waals surface area contributed by atoms with Crippen LogP contribution >= 0.6 is 8.07 Å². The van der Waals surface area contributed by atoms with Crippen molar-refractivity contribution in [2.24, 2.45) is 0 Å². The molecule has 2 nitrogen and oxygen atoms in total. The van der Waals surface area contributed by atoms with Gasteiger partial charge in [0, 0.05) is 37.8 Å². The van der Waals surface area contributed by atoms with Gasteiger partial charge in [-0.25, -0.2) is 0 Å². The second-order valence-electron chi connectivity index (χ2n) is 9.86. The van der Waals surface area contributed by atoms with E-state index in [2.05, 4.69) is 161 Å². The number of benzene rings is 6. The van der Waals surface area contributed by atoms with Crippen LogP contribution in [0.15, 0.2) is 152 Å². The van der Waals surface area contributed by atoms with Crippen LogP contribution in [0.25, 0.3) is 49.3 Å². The Morgan fingerprint density at radius 2 is 0.821 bits per heavy atom. The molecule has 8 rings (SSSR count). The molecule has 0 saturated heterocycles. The van der Waals surface area contributed by atoms with Gasteiger partial charge in [-0.2, -0.15) is 0 Å². The van der Waals surface area contributed by atoms with E-state index in [9.17, 15) is 0 Å². The average molecular weight is 517 g/mol. The number of hydrogen-bond donors (Lipinski definition) is 0. The lowest BCUT2D eigenvalue weighted by molar-refractivity contribution is 1.18. The molecule has 0 saturated carbocycles. The highest BCUT2D eigenvalue weighted by atomic mass is 31.1. The molecule has 184 valence electrons. The van der Waals surface area contributed by atoms with Crippen molar-refractivity contribution < 1.29 is 0 Å². The molecule has 0 spiro atoms. The fourth-order valence-corrected chi connectivity index (χ4v) is 8.51. The third-order valence-electron chi connectivity index (χ3n) is 7.66. The molecule has 0 unspecified atom stereocenters. The largest absolute Gasteiger partial charge is 0.308 e. The fraction of sp³-hybridized carbons (Fsp3) is 0. The Labute approximate surface area is 228 Å². The monoisotopic (exact) mass is 516 g/mol. The van der Waals surface area contributed by atoms with Crippen molar-refractivity contribution in [1.29, 1.82) is 0 Å². The summed E-state index contributed by atoms with van der Waals surface area (Å²) in [6, 6.07) is 55.2. The maximum Gasteiger partial charge on any atom is 0.0788 e. The van der Waals surface area contributed by atoms with Crippen LogP contribution in [0.4, 0.5) is 0 Å². The Kier molecular flexibility index (Phi) is 5.14. The molecule has 8 aromatic rings. The minimum Gasteiger partial charge on any atom is -0.308 e. The molecule has 0 atom stereocenters. The highest BCUT2D eigenvalue weighted by Crippen LogP contribution is 2.48. The van der Waals surface area contributed by atoms with Gasteiger partial charge < -0.3 is 8.90 Å². The Morgan fingerprint density at radius 3 is 1.44 bits per heavy atom. The van der Waals surface area contributed by atoms with E-state index in [-0.39, 0.29) is 0 Å². The first-order chi connectivity index (χ1) is 19.4. The van der Waals surface area contributed by atoms with Crippen molar-refractivity contribution in [3.8, 4) is 5.69 Å². The summed E-state index contributed by atoms with van der Waals surface area (Å²) in [5, 5.41) is 7.80. The summed E-state index contributed by atoms with van der Waals surface area (Å²) < 4.78 is 5.11. The van der Waals surface area contributed by atoms with Crippen LogP contribution in [0.1, 0.15) is 0 Å². The zero-order valence-electron chi connectivity index (χ0n) is 21.3. The van der Waals surface area contributed by atoms with E-state index in [0.29, 0.717) is 0 Å². The normalized spacial score (nSPS) is 11.8. The zero-order valence-corrected chi connectivity index (χ0v) is 22.2. The topological polar surface area (TPSA) is 9.86 Å². The quantitative estimate of drug-likeness (QED) is 0.207. The Hall–Kier alpha value is -4.65. The molecule has 0 aliphatic heterocycles. The highest BCUT2D eigenvalue weighted by molar-refractivity contribution is 7.72. The predicted molar refractivity (Wildman–Crippen MR) is 168 cm³/mol. The van der Waals surface area contributed by atoms with E-state index in [1.54, 1.807) is 0 Å². The molecule has 3 heteroatoms. The summed E-state index contributed by atoms with van der Waals surface area (Å²) >= 11 is 0. The SMILES string of the molecule is c1ccc(-n2c3ccccc3c3ccc4c5ccccc5n(P(c5ccccc5)c5ccccc5)c4c32)cc1. The van der Waals surface area contributed by atoms with Crippen LogP contribution in [0.5, 0.6) is 0 Å². The van der Waals surface area contributed by atoms with Gasteiger partial charge in [-0.3, -0.25) is 0 Å². The van der Waals surface area contributed by atoms with Gasteiger partial charge in [0.25, 0.3) is 0 Å². The summed E-state index contributed by atoms with van der Waals surface area (Å²) in [4.78, 5) is 0. The summed E-state index contributed by atoms with van der Waals surface area (Å²) in [7, 11) is -0.889. The van der Waals surface area contributed by atoms with Crippen molar-refractivity contribution in [3.05, 3.63) is 152 Å². The maximum atomic E-state index is 2.64. The lowest BCUT2D eigenvalue weighted by Gasteiger charge is -2.23. The van der Waals surface area contributed by atoms with Crippen molar-refractivity contribution in [3.63, 3.8) is 0 Å². The van der Waals surface area contributed by atoms with Gasteiger partial charge in [-0.1, -0.05) is 127 Å². The van der Waals surface area contributed by atoms with E-state index in [0.717, 1.165) is 0 Å². The third kappa shape index (κ3) is 3.39. The number of rotatable bonds is 4. The number of nitrogens with zero attached hydrogens (tertiary/aromatic N) is 2. The summed E-state index contributed by atoms with van der Waals surface area (Å²) in [5.41, 5.74) is 6.22. The van der Waals surface area contributed by atoms with E-state index in [4.69, 9.17) is 0 Å². The molecule has 0 fully saturated rings. The lowest BCUT2D eigenvalue weighted by Crippen LogP contribution is -2.17. The number of aromatic nitrogens is 2. The van der Waals surface area contributed by atoms with Crippen molar-refractivity contribution in [1.82, 2.24) is 8.90 Å². The minimum absolute atomic E-state index is 0.889. The minimum atomic E-state index is -0.889. The van der Waals surface area contributed by atoms with Crippen LogP contribution in [0, 0.1) is 0 Å². The fourth-order valence-electron chi connectivity index (χ4n) is 6.05. The first-order valence-corrected chi connectivity index (χ1v) is 14.6. The van der Waals surface area contributed by atoms with Gasteiger partial charge in [-0.05, 0) is 24.3 Å². The van der Waals surface area contributed by atoms with Gasteiger partial charge in [-0.15, -0.1) is 0 Å². The van der Waals surface area contributed by atoms with E-state index in [1.807, 2.05) is 0 Å². The lowest BCUT2D eigenvalue weighted by atomic mass is 10.1. The van der Waals surface area contributed by atoms with Crippen LogP contribution in [0.3, 0.4) is 0 Å². The van der Waals surface area contributed by atoms with Crippen LogP contribution < -0.4 is 10.6 Å². The van der Waals surface area contributed by atoms with Gasteiger partial charge in [0.1, 0.15) is 0 Å². The van der Waals surface area contributed by atoms with E-state index < -0.39 is 8.07 Å². The molecular formula is C36H25N2P. The number of hydrogen-bond acceptors (Lipinski definition) is 0. The van der Waals surface area contributed by atoms with Crippen LogP contribution in [0.2, 0.25) is 0 Å². The first kappa shape index (κ1) is 22.3. The number of fused-ring (bicyclic) bond motifs is 7. The Morgan fingerprint density at radius 1 is 0.359 bits per heavy atom. The van der Waals surface area contributed by atoms with Crippen LogP contribution in [-0.4, -0.2) is 8.90 Å². The second-order valence-corrected chi connectivity index (χ2v) is 11.9. The zero-order chi connectivity index (χ0) is 25.8. The predicted octanol–water partition coefficient (Wildman–Crippen LogP) is 8.79. The molecule has 39 heavy (non-hydrogen) atoms. The van der Waals surface area contributed by atoms with E-state index >= 15 is 0 Å². The molecule has 0 amide bonds. The molecule has 0 radical (unpaired) electrons. The van der Waals surface area contributed by atoms with Crippen molar-refractivity contribution in [2.45, 2.75) is 0 Å².